The molecule has 0 aromatic heterocycles. The predicted molar refractivity (Wildman–Crippen MR) is 116 cm³/mol. The molecule has 0 heterocycles. The number of carbonyl (C=O) groups excluding carboxylic acids is 2. The van der Waals surface area contributed by atoms with Gasteiger partial charge in [0.15, 0.2) is 0 Å². The molecule has 0 unspecified atom stereocenters. The number of carbonyl (C=O) groups is 2. The van der Waals surface area contributed by atoms with Crippen LogP contribution in [0.4, 0.5) is 13.2 Å². The number of sulfone groups is 1. The highest BCUT2D eigenvalue weighted by atomic mass is 32.2. The van der Waals surface area contributed by atoms with Crippen LogP contribution in [0.25, 0.3) is 0 Å². The number of aryl methyl sites for hydroxylation is 1. The number of hydrogen-bond acceptors (Lipinski definition) is 5. The summed E-state index contributed by atoms with van der Waals surface area (Å²) in [7, 11) is -4.08. The van der Waals surface area contributed by atoms with Gasteiger partial charge >= 0.3 is 18.1 Å². The molecular formula is C23H26F3NO5S. The highest BCUT2D eigenvalue weighted by Crippen LogP contribution is 2.27. The summed E-state index contributed by atoms with van der Waals surface area (Å²) in [5.74, 6) is -2.78. The van der Waals surface area contributed by atoms with E-state index in [1.54, 1.807) is 13.0 Å². The first-order chi connectivity index (χ1) is 15.4. The number of halogens is 3. The van der Waals surface area contributed by atoms with Gasteiger partial charge in [-0.3, -0.25) is 4.79 Å². The van der Waals surface area contributed by atoms with Crippen molar-refractivity contribution in [3.63, 3.8) is 0 Å². The molecule has 0 saturated carbocycles. The average molecular weight is 486 g/mol. The molecule has 10 heteroatoms. The lowest BCUT2D eigenvalue weighted by atomic mass is 10.1. The number of hydrogen-bond donors (Lipinski definition) is 1. The summed E-state index contributed by atoms with van der Waals surface area (Å²) in [4.78, 5) is 23.2. The van der Waals surface area contributed by atoms with Gasteiger partial charge in [-0.05, 0) is 62.1 Å². The molecule has 180 valence electrons. The Balaban J connectivity index is 2.32. The van der Waals surface area contributed by atoms with Gasteiger partial charge in [0.2, 0.25) is 9.84 Å². The van der Waals surface area contributed by atoms with Crippen molar-refractivity contribution >= 4 is 21.7 Å². The third kappa shape index (κ3) is 6.80. The van der Waals surface area contributed by atoms with Gasteiger partial charge in [-0.2, -0.15) is 13.2 Å². The van der Waals surface area contributed by atoms with Crippen molar-refractivity contribution in [1.29, 1.82) is 0 Å². The number of esters is 1. The smallest absolute Gasteiger partial charge is 0.462 e. The normalized spacial score (nSPS) is 12.8. The molecule has 0 radical (unpaired) electrons. The van der Waals surface area contributed by atoms with E-state index in [9.17, 15) is 31.2 Å². The van der Waals surface area contributed by atoms with Crippen molar-refractivity contribution in [3.05, 3.63) is 59.2 Å². The topological polar surface area (TPSA) is 89.5 Å². The molecule has 2 rings (SSSR count). The molecule has 0 aliphatic rings. The first kappa shape index (κ1) is 26.4. The monoisotopic (exact) mass is 485 g/mol. The van der Waals surface area contributed by atoms with E-state index in [0.29, 0.717) is 12.0 Å². The average Bonchev–Trinajstić information content (AvgIpc) is 2.73. The van der Waals surface area contributed by atoms with Gasteiger partial charge in [-0.1, -0.05) is 31.5 Å². The highest BCUT2D eigenvalue weighted by Gasteiger charge is 2.39. The summed E-state index contributed by atoms with van der Waals surface area (Å²) in [5, 5.41) is 1.86. The SMILES string of the molecule is CCCc1ccc(C(=O)OCC)c(S(=O)(=O)c2ccc(C[C@@H](C)NC(=O)C(F)(F)F)cc2)c1. The van der Waals surface area contributed by atoms with Crippen LogP contribution in [0, 0.1) is 0 Å². The molecule has 1 atom stereocenters. The summed E-state index contributed by atoms with van der Waals surface area (Å²) in [6, 6.07) is 9.35. The van der Waals surface area contributed by atoms with Crippen LogP contribution in [-0.2, 0) is 32.2 Å². The summed E-state index contributed by atoms with van der Waals surface area (Å²) >= 11 is 0. The Kier molecular flexibility index (Phi) is 8.65. The summed E-state index contributed by atoms with van der Waals surface area (Å²) in [6.07, 6.45) is -3.49. The summed E-state index contributed by atoms with van der Waals surface area (Å²) < 4.78 is 68.8. The van der Waals surface area contributed by atoms with Crippen molar-refractivity contribution in [2.24, 2.45) is 0 Å². The van der Waals surface area contributed by atoms with Crippen LogP contribution >= 0.6 is 0 Å². The van der Waals surface area contributed by atoms with Crippen LogP contribution in [-0.4, -0.2) is 39.1 Å². The van der Waals surface area contributed by atoms with E-state index in [2.05, 4.69) is 0 Å². The largest absolute Gasteiger partial charge is 0.471 e. The molecule has 0 aliphatic heterocycles. The van der Waals surface area contributed by atoms with E-state index in [4.69, 9.17) is 4.74 Å². The lowest BCUT2D eigenvalue weighted by Crippen LogP contribution is -2.42. The molecule has 33 heavy (non-hydrogen) atoms. The van der Waals surface area contributed by atoms with Crippen LogP contribution < -0.4 is 5.32 Å². The van der Waals surface area contributed by atoms with E-state index in [0.717, 1.165) is 12.0 Å². The predicted octanol–water partition coefficient (Wildman–Crippen LogP) is 4.26. The fourth-order valence-electron chi connectivity index (χ4n) is 3.25. The Labute approximate surface area is 191 Å². The van der Waals surface area contributed by atoms with Crippen LogP contribution in [0.5, 0.6) is 0 Å². The van der Waals surface area contributed by atoms with Gasteiger partial charge in [-0.15, -0.1) is 0 Å². The highest BCUT2D eigenvalue weighted by molar-refractivity contribution is 7.91. The zero-order valence-corrected chi connectivity index (χ0v) is 19.3. The Morgan fingerprint density at radius 1 is 1.03 bits per heavy atom. The van der Waals surface area contributed by atoms with Crippen molar-refractivity contribution < 1.29 is 35.9 Å². The van der Waals surface area contributed by atoms with Crippen LogP contribution in [0.15, 0.2) is 52.3 Å². The maximum Gasteiger partial charge on any atom is 0.471 e. The van der Waals surface area contributed by atoms with E-state index < -0.39 is 33.9 Å². The lowest BCUT2D eigenvalue weighted by Gasteiger charge is -2.16. The first-order valence-electron chi connectivity index (χ1n) is 10.4. The maximum atomic E-state index is 13.3. The number of ether oxygens (including phenoxy) is 1. The standard InChI is InChI=1S/C23H26F3NO5S/c1-4-6-16-9-12-19(21(28)32-5-2)20(14-16)33(30,31)18-10-7-17(8-11-18)13-15(3)27-22(29)23(24,25)26/h7-12,14-15H,4-6,13H2,1-3H3,(H,27,29)/t15-/m1/s1. The number of benzene rings is 2. The van der Waals surface area contributed by atoms with Crippen molar-refractivity contribution in [2.45, 2.75) is 62.0 Å². The summed E-state index contributed by atoms with van der Waals surface area (Å²) in [5.41, 5.74) is 1.23. The molecule has 1 N–H and O–H groups in total. The second kappa shape index (κ2) is 10.8. The minimum Gasteiger partial charge on any atom is -0.462 e. The molecule has 0 aliphatic carbocycles. The van der Waals surface area contributed by atoms with Crippen molar-refractivity contribution in [1.82, 2.24) is 5.32 Å². The van der Waals surface area contributed by atoms with Gasteiger partial charge in [0.05, 0.1) is 22.0 Å². The van der Waals surface area contributed by atoms with Crippen molar-refractivity contribution in [2.75, 3.05) is 6.61 Å². The molecule has 2 aromatic rings. The first-order valence-corrected chi connectivity index (χ1v) is 11.9. The maximum absolute atomic E-state index is 13.3. The van der Waals surface area contributed by atoms with Gasteiger partial charge in [0.1, 0.15) is 0 Å². The molecule has 0 fully saturated rings. The fourth-order valence-corrected chi connectivity index (χ4v) is 4.75. The molecule has 0 spiro atoms. The quantitative estimate of drug-likeness (QED) is 0.536. The van der Waals surface area contributed by atoms with E-state index in [1.165, 1.54) is 43.3 Å². The van der Waals surface area contributed by atoms with Gasteiger partial charge in [-0.25, -0.2) is 13.2 Å². The summed E-state index contributed by atoms with van der Waals surface area (Å²) in [6.45, 7) is 5.07. The van der Waals surface area contributed by atoms with E-state index in [-0.39, 0.29) is 28.4 Å². The molecule has 6 nitrogen and oxygen atoms in total. The lowest BCUT2D eigenvalue weighted by molar-refractivity contribution is -0.174. The molecule has 0 bridgehead atoms. The number of rotatable bonds is 9. The second-order valence-corrected chi connectivity index (χ2v) is 9.44. The molecular weight excluding hydrogens is 459 g/mol. The Morgan fingerprint density at radius 2 is 1.64 bits per heavy atom. The number of alkyl halides is 3. The number of nitrogens with one attached hydrogen (secondary N) is 1. The second-order valence-electron chi connectivity index (χ2n) is 7.52. The van der Waals surface area contributed by atoms with Crippen LogP contribution in [0.1, 0.15) is 48.7 Å². The molecule has 0 saturated heterocycles. The third-order valence-corrected chi connectivity index (χ3v) is 6.59. The van der Waals surface area contributed by atoms with Gasteiger partial charge < -0.3 is 10.1 Å². The van der Waals surface area contributed by atoms with E-state index >= 15 is 0 Å². The number of amides is 1. The zero-order chi connectivity index (χ0) is 24.8. The Hall–Kier alpha value is -2.88. The molecule has 2 aromatic carbocycles. The Bertz CT molecular complexity index is 1100. The van der Waals surface area contributed by atoms with Gasteiger partial charge in [0, 0.05) is 6.04 Å². The van der Waals surface area contributed by atoms with Crippen LogP contribution in [0.3, 0.4) is 0 Å². The zero-order valence-electron chi connectivity index (χ0n) is 18.5. The third-order valence-electron chi connectivity index (χ3n) is 4.78. The van der Waals surface area contributed by atoms with Gasteiger partial charge in [0.25, 0.3) is 0 Å². The van der Waals surface area contributed by atoms with Crippen LogP contribution in [0.2, 0.25) is 0 Å². The minimum absolute atomic E-state index is 0.0655. The van der Waals surface area contributed by atoms with E-state index in [1.807, 2.05) is 12.2 Å². The Morgan fingerprint density at radius 3 is 2.18 bits per heavy atom. The molecule has 1 amide bonds. The fraction of sp³-hybridized carbons (Fsp3) is 0.391. The van der Waals surface area contributed by atoms with Crippen molar-refractivity contribution in [3.8, 4) is 0 Å². The minimum atomic E-state index is -4.98.